The third kappa shape index (κ3) is 5.88. The molecule has 0 bridgehead atoms. The van der Waals surface area contributed by atoms with E-state index >= 15 is 0 Å². The van der Waals surface area contributed by atoms with Crippen LogP contribution >= 0.6 is 27.5 Å². The second-order valence-corrected chi connectivity index (χ2v) is 8.50. The highest BCUT2D eigenvalue weighted by Gasteiger charge is 2.38. The number of halogens is 6. The summed E-state index contributed by atoms with van der Waals surface area (Å²) in [7, 11) is 0. The Bertz CT molecular complexity index is 977. The fourth-order valence-corrected chi connectivity index (χ4v) is 3.28. The van der Waals surface area contributed by atoms with Gasteiger partial charge in [-0.15, -0.1) is 0 Å². The lowest BCUT2D eigenvalue weighted by Gasteiger charge is -2.39. The number of ether oxygens (including phenoxy) is 2. The molecule has 0 aliphatic carbocycles. The van der Waals surface area contributed by atoms with Gasteiger partial charge in [0.05, 0.1) is 28.5 Å². The van der Waals surface area contributed by atoms with Crippen molar-refractivity contribution < 1.29 is 31.8 Å². The van der Waals surface area contributed by atoms with Crippen molar-refractivity contribution in [3.05, 3.63) is 27.2 Å². The average Bonchev–Trinajstić information content (AvgIpc) is 2.60. The molecule has 0 N–H and O–H groups in total. The van der Waals surface area contributed by atoms with E-state index in [9.17, 15) is 22.4 Å². The Morgan fingerprint density at radius 2 is 1.81 bits per heavy atom. The number of carbonyl (C=O) groups excluding carboxylic acids is 1. The molecule has 1 aliphatic heterocycles. The quantitative estimate of drug-likeness (QED) is 0.340. The van der Waals surface area contributed by atoms with Gasteiger partial charge < -0.3 is 14.4 Å². The molecule has 1 aliphatic rings. The molecular weight excluding hydrogens is 510 g/mol. The molecule has 1 amide bonds. The molecule has 0 radical (unpaired) electrons. The van der Waals surface area contributed by atoms with Crippen LogP contribution in [0.3, 0.4) is 0 Å². The molecule has 2 aromatic rings. The summed E-state index contributed by atoms with van der Waals surface area (Å²) >= 11 is 8.40. The van der Waals surface area contributed by atoms with Crippen molar-refractivity contribution in [3.8, 4) is 5.88 Å². The van der Waals surface area contributed by atoms with E-state index in [0.29, 0.717) is 6.07 Å². The Balaban J connectivity index is 0.00000166. The highest BCUT2D eigenvalue weighted by molar-refractivity contribution is 9.10. The van der Waals surface area contributed by atoms with Gasteiger partial charge in [0.25, 0.3) is 0 Å². The summed E-state index contributed by atoms with van der Waals surface area (Å²) in [6.07, 6.45) is -5.93. The molecule has 1 aromatic carbocycles. The second-order valence-electron chi connectivity index (χ2n) is 7.37. The van der Waals surface area contributed by atoms with Gasteiger partial charge in [-0.05, 0) is 54.4 Å². The van der Waals surface area contributed by atoms with Crippen LogP contribution in [0.2, 0.25) is 5.28 Å². The van der Waals surface area contributed by atoms with Gasteiger partial charge >= 0.3 is 12.3 Å². The van der Waals surface area contributed by atoms with Crippen LogP contribution in [0.4, 0.5) is 22.4 Å². The molecule has 6 nitrogen and oxygen atoms in total. The number of alkyl halides is 3. The van der Waals surface area contributed by atoms with Crippen molar-refractivity contribution in [1.29, 1.82) is 0 Å². The topological polar surface area (TPSA) is 64.5 Å². The molecule has 31 heavy (non-hydrogen) atoms. The van der Waals surface area contributed by atoms with Crippen molar-refractivity contribution in [2.24, 2.45) is 0 Å². The van der Waals surface area contributed by atoms with Gasteiger partial charge in [-0.25, -0.2) is 14.2 Å². The highest BCUT2D eigenvalue weighted by atomic mass is 79.9. The molecular formula is C19H21BrClF4N3O3. The number of benzene rings is 1. The smallest absolute Gasteiger partial charge is 0.417 e. The van der Waals surface area contributed by atoms with Crippen LogP contribution in [-0.2, 0) is 10.9 Å². The van der Waals surface area contributed by atoms with Crippen LogP contribution in [0.25, 0.3) is 10.9 Å². The summed E-state index contributed by atoms with van der Waals surface area (Å²) in [5.74, 6) is -1.53. The number of amides is 1. The monoisotopic (exact) mass is 529 g/mol. The molecule has 2 heterocycles. The van der Waals surface area contributed by atoms with Crippen molar-refractivity contribution in [2.75, 3.05) is 13.1 Å². The predicted molar refractivity (Wildman–Crippen MR) is 111 cm³/mol. The number of rotatable bonds is 2. The number of carbonyl (C=O) groups is 1. The first-order valence-corrected chi connectivity index (χ1v) is 10.5. The summed E-state index contributed by atoms with van der Waals surface area (Å²) in [4.78, 5) is 20.8. The Morgan fingerprint density at radius 1 is 1.23 bits per heavy atom. The van der Waals surface area contributed by atoms with Crippen molar-refractivity contribution in [1.82, 2.24) is 14.9 Å². The molecule has 3 rings (SSSR count). The first kappa shape index (κ1) is 25.4. The lowest BCUT2D eigenvalue weighted by molar-refractivity contribution is -0.138. The Morgan fingerprint density at radius 3 is 2.32 bits per heavy atom. The van der Waals surface area contributed by atoms with Gasteiger partial charge in [-0.2, -0.15) is 18.2 Å². The predicted octanol–water partition coefficient (Wildman–Crippen LogP) is 6.23. The molecule has 1 saturated heterocycles. The zero-order valence-corrected chi connectivity index (χ0v) is 19.7. The minimum atomic E-state index is -4.81. The average molecular weight is 531 g/mol. The van der Waals surface area contributed by atoms with E-state index in [2.05, 4.69) is 25.9 Å². The van der Waals surface area contributed by atoms with Crippen LogP contribution < -0.4 is 4.74 Å². The fourth-order valence-electron chi connectivity index (χ4n) is 2.59. The van der Waals surface area contributed by atoms with E-state index in [-0.39, 0.29) is 29.6 Å². The highest BCUT2D eigenvalue weighted by Crippen LogP contribution is 2.41. The SMILES string of the molecule is CC.CC(C)(C)OC(=O)N1CC(Oc2nc(Cl)nc3c(F)c(Br)c(C(F)(F)F)cc23)C1. The first-order valence-electron chi connectivity index (χ1n) is 9.33. The van der Waals surface area contributed by atoms with Gasteiger partial charge in [-0.1, -0.05) is 13.8 Å². The molecule has 172 valence electrons. The number of likely N-dealkylation sites (tertiary alicyclic amines) is 1. The molecule has 1 fully saturated rings. The normalized spacial score (nSPS) is 14.6. The standard InChI is InChI=1S/C17H15BrClF4N3O3.C2H6/c1-16(2,3)29-15(27)26-5-7(6-26)28-13-8-4-9(17(21,22)23)10(18)11(20)12(8)24-14(19)25-13;1-2/h4,7H,5-6H2,1-3H3;1-2H3. The van der Waals surface area contributed by atoms with E-state index in [0.717, 1.165) is 0 Å². The van der Waals surface area contributed by atoms with E-state index in [1.807, 2.05) is 13.8 Å². The molecule has 0 saturated carbocycles. The van der Waals surface area contributed by atoms with Crippen LogP contribution in [0.1, 0.15) is 40.2 Å². The lowest BCUT2D eigenvalue weighted by atomic mass is 10.1. The molecule has 1 aromatic heterocycles. The number of aromatic nitrogens is 2. The number of nitrogens with zero attached hydrogens (tertiary/aromatic N) is 3. The van der Waals surface area contributed by atoms with Crippen LogP contribution in [0.15, 0.2) is 10.5 Å². The summed E-state index contributed by atoms with van der Waals surface area (Å²) in [6, 6.07) is 0.693. The zero-order chi connectivity index (χ0) is 23.7. The third-order valence-electron chi connectivity index (χ3n) is 3.89. The minimum Gasteiger partial charge on any atom is -0.470 e. The maximum Gasteiger partial charge on any atom is 0.417 e. The van der Waals surface area contributed by atoms with E-state index in [1.54, 1.807) is 20.8 Å². The van der Waals surface area contributed by atoms with E-state index in [4.69, 9.17) is 21.1 Å². The maximum atomic E-state index is 14.5. The third-order valence-corrected chi connectivity index (χ3v) is 4.84. The number of hydrogen-bond acceptors (Lipinski definition) is 5. The van der Waals surface area contributed by atoms with Crippen molar-refractivity contribution in [3.63, 3.8) is 0 Å². The van der Waals surface area contributed by atoms with Crippen molar-refractivity contribution in [2.45, 2.75) is 52.5 Å². The molecule has 0 unspecified atom stereocenters. The van der Waals surface area contributed by atoms with Gasteiger partial charge in [0.2, 0.25) is 11.2 Å². The van der Waals surface area contributed by atoms with Gasteiger partial charge in [0.1, 0.15) is 17.2 Å². The Labute approximate surface area is 190 Å². The van der Waals surface area contributed by atoms with Gasteiger partial charge in [-0.3, -0.25) is 0 Å². The van der Waals surface area contributed by atoms with Crippen LogP contribution in [0, 0.1) is 5.82 Å². The lowest BCUT2D eigenvalue weighted by Crippen LogP contribution is -2.57. The fraction of sp³-hybridized carbons (Fsp3) is 0.526. The van der Waals surface area contributed by atoms with Crippen molar-refractivity contribution >= 4 is 44.5 Å². The molecule has 0 atom stereocenters. The van der Waals surface area contributed by atoms with Gasteiger partial charge in [0.15, 0.2) is 5.82 Å². The number of hydrogen-bond donors (Lipinski definition) is 0. The Hall–Kier alpha value is -1.88. The molecule has 0 spiro atoms. The summed E-state index contributed by atoms with van der Waals surface area (Å²) in [5, 5.41) is -0.667. The Kier molecular flexibility index (Phi) is 7.63. The number of fused-ring (bicyclic) bond motifs is 1. The summed E-state index contributed by atoms with van der Waals surface area (Å²) in [6.45, 7) is 9.42. The van der Waals surface area contributed by atoms with Crippen LogP contribution in [-0.4, -0.2) is 45.8 Å². The largest absolute Gasteiger partial charge is 0.470 e. The zero-order valence-electron chi connectivity index (χ0n) is 17.4. The summed E-state index contributed by atoms with van der Waals surface area (Å²) in [5.41, 5.74) is -2.32. The molecule has 12 heteroatoms. The van der Waals surface area contributed by atoms with Crippen LogP contribution in [0.5, 0.6) is 5.88 Å². The van der Waals surface area contributed by atoms with E-state index in [1.165, 1.54) is 4.90 Å². The summed E-state index contributed by atoms with van der Waals surface area (Å²) < 4.78 is 64.2. The van der Waals surface area contributed by atoms with Gasteiger partial charge in [0, 0.05) is 0 Å². The minimum absolute atomic E-state index is 0.128. The van der Waals surface area contributed by atoms with E-state index < -0.39 is 45.3 Å². The second kappa shape index (κ2) is 9.32. The first-order chi connectivity index (χ1) is 14.3. The maximum absolute atomic E-state index is 14.5.